The molecule has 2 N–H and O–H groups in total. The molecular weight excluding hydrogens is 542 g/mol. The van der Waals surface area contributed by atoms with E-state index in [4.69, 9.17) is 9.47 Å². The van der Waals surface area contributed by atoms with Crippen LogP contribution in [0.4, 0.5) is 0 Å². The van der Waals surface area contributed by atoms with Gasteiger partial charge in [0.1, 0.15) is 18.2 Å². The summed E-state index contributed by atoms with van der Waals surface area (Å²) in [6.07, 6.45) is 14.7. The first-order chi connectivity index (χ1) is 21.0. The standard InChI is InChI=1S/C23H26N2O5.C12H23N/c1-3-21-24-19-8-6-5-7-18(19)22(26)25(21)13-14-30-17-11-9-16(10-12-17)15-20(23(27)28)29-4-2;1-3-7-11(8-4-1)13-12-9-5-2-6-10-12/h5-12,20H,3-4,13-15H2,1-2H3,(H,27,28);11-13H,1-10H2/t20-;/m1./s1. The Balaban J connectivity index is 0.000000269. The monoisotopic (exact) mass is 591 g/mol. The third kappa shape index (κ3) is 9.90. The number of nitrogens with zero attached hydrogens (tertiary/aromatic N) is 2. The Morgan fingerprint density at radius 2 is 1.58 bits per heavy atom. The number of aliphatic carboxylic acids is 1. The summed E-state index contributed by atoms with van der Waals surface area (Å²) < 4.78 is 12.7. The predicted molar refractivity (Wildman–Crippen MR) is 171 cm³/mol. The molecule has 234 valence electrons. The third-order valence-electron chi connectivity index (χ3n) is 8.51. The lowest BCUT2D eigenvalue weighted by Gasteiger charge is -2.30. The van der Waals surface area contributed by atoms with Crippen molar-refractivity contribution in [3.8, 4) is 5.75 Å². The fourth-order valence-corrected chi connectivity index (χ4v) is 6.20. The maximum Gasteiger partial charge on any atom is 0.333 e. The van der Waals surface area contributed by atoms with Gasteiger partial charge >= 0.3 is 5.97 Å². The molecule has 0 aliphatic heterocycles. The molecule has 2 saturated carbocycles. The van der Waals surface area contributed by atoms with Gasteiger partial charge in [0, 0.05) is 31.5 Å². The molecule has 1 atom stereocenters. The average molecular weight is 592 g/mol. The van der Waals surface area contributed by atoms with E-state index in [0.717, 1.165) is 23.5 Å². The average Bonchev–Trinajstić information content (AvgIpc) is 3.04. The first-order valence-corrected chi connectivity index (χ1v) is 16.3. The number of hydrogen-bond acceptors (Lipinski definition) is 6. The first kappa shape index (κ1) is 32.7. The van der Waals surface area contributed by atoms with Crippen molar-refractivity contribution < 1.29 is 19.4 Å². The van der Waals surface area contributed by atoms with Crippen LogP contribution in [-0.2, 0) is 28.9 Å². The minimum Gasteiger partial charge on any atom is -0.492 e. The molecule has 5 rings (SSSR count). The van der Waals surface area contributed by atoms with Crippen molar-refractivity contribution in [3.63, 3.8) is 0 Å². The van der Waals surface area contributed by atoms with E-state index in [2.05, 4.69) is 10.3 Å². The van der Waals surface area contributed by atoms with E-state index in [1.165, 1.54) is 64.2 Å². The summed E-state index contributed by atoms with van der Waals surface area (Å²) in [6, 6.07) is 16.3. The second-order valence-electron chi connectivity index (χ2n) is 11.7. The van der Waals surface area contributed by atoms with Crippen LogP contribution in [0, 0.1) is 0 Å². The number of carbonyl (C=O) groups is 1. The van der Waals surface area contributed by atoms with Gasteiger partial charge in [0.25, 0.3) is 5.56 Å². The number of hydrogen-bond donors (Lipinski definition) is 2. The van der Waals surface area contributed by atoms with E-state index in [9.17, 15) is 14.7 Å². The number of rotatable bonds is 12. The van der Waals surface area contributed by atoms with Crippen molar-refractivity contribution in [2.75, 3.05) is 13.2 Å². The molecule has 1 heterocycles. The number of benzene rings is 2. The topological polar surface area (TPSA) is 103 Å². The molecule has 2 aromatic carbocycles. The van der Waals surface area contributed by atoms with Gasteiger partial charge in [-0.1, -0.05) is 69.7 Å². The zero-order valence-electron chi connectivity index (χ0n) is 25.9. The fourth-order valence-electron chi connectivity index (χ4n) is 6.20. The van der Waals surface area contributed by atoms with Gasteiger partial charge < -0.3 is 19.9 Å². The van der Waals surface area contributed by atoms with Crippen LogP contribution in [0.3, 0.4) is 0 Å². The van der Waals surface area contributed by atoms with Crippen LogP contribution >= 0.6 is 0 Å². The number of ether oxygens (including phenoxy) is 2. The zero-order valence-corrected chi connectivity index (χ0v) is 25.9. The highest BCUT2D eigenvalue weighted by molar-refractivity contribution is 5.77. The molecule has 8 heteroatoms. The van der Waals surface area contributed by atoms with E-state index in [0.29, 0.717) is 49.3 Å². The van der Waals surface area contributed by atoms with Gasteiger partial charge in [-0.15, -0.1) is 0 Å². The first-order valence-electron chi connectivity index (χ1n) is 16.3. The van der Waals surface area contributed by atoms with Gasteiger partial charge in [-0.3, -0.25) is 9.36 Å². The molecule has 0 radical (unpaired) electrons. The summed E-state index contributed by atoms with van der Waals surface area (Å²) in [4.78, 5) is 28.6. The Morgan fingerprint density at radius 1 is 0.953 bits per heavy atom. The number of para-hydroxylation sites is 1. The van der Waals surface area contributed by atoms with E-state index in [1.54, 1.807) is 29.7 Å². The van der Waals surface area contributed by atoms with Crippen LogP contribution in [0.1, 0.15) is 89.4 Å². The van der Waals surface area contributed by atoms with Crippen LogP contribution in [0.2, 0.25) is 0 Å². The maximum absolute atomic E-state index is 12.8. The van der Waals surface area contributed by atoms with E-state index < -0.39 is 12.1 Å². The van der Waals surface area contributed by atoms with E-state index >= 15 is 0 Å². The lowest BCUT2D eigenvalue weighted by Crippen LogP contribution is -2.40. The second kappa shape index (κ2) is 17.2. The predicted octanol–water partition coefficient (Wildman–Crippen LogP) is 6.31. The number of carboxylic acid groups (broad SMARTS) is 1. The number of carboxylic acids is 1. The van der Waals surface area contributed by atoms with Gasteiger partial charge in [0.2, 0.25) is 0 Å². The molecule has 0 spiro atoms. The molecule has 0 bridgehead atoms. The van der Waals surface area contributed by atoms with Gasteiger partial charge in [0.15, 0.2) is 6.10 Å². The highest BCUT2D eigenvalue weighted by Gasteiger charge is 2.20. The summed E-state index contributed by atoms with van der Waals surface area (Å²) in [5, 5.41) is 13.6. The summed E-state index contributed by atoms with van der Waals surface area (Å²) in [6.45, 7) is 4.81. The fraction of sp³-hybridized carbons (Fsp3) is 0.571. The Morgan fingerprint density at radius 3 is 2.16 bits per heavy atom. The third-order valence-corrected chi connectivity index (χ3v) is 8.51. The van der Waals surface area contributed by atoms with Crippen molar-refractivity contribution in [2.45, 2.75) is 116 Å². The zero-order chi connectivity index (χ0) is 30.4. The summed E-state index contributed by atoms with van der Waals surface area (Å²) in [5.74, 6) is 0.411. The van der Waals surface area contributed by atoms with Crippen molar-refractivity contribution >= 4 is 16.9 Å². The molecule has 1 aromatic heterocycles. The van der Waals surface area contributed by atoms with Gasteiger partial charge in [-0.25, -0.2) is 9.78 Å². The molecule has 2 aliphatic rings. The molecule has 43 heavy (non-hydrogen) atoms. The maximum atomic E-state index is 12.8. The van der Waals surface area contributed by atoms with Crippen LogP contribution in [-0.4, -0.2) is 52.0 Å². The van der Waals surface area contributed by atoms with Crippen molar-refractivity contribution in [3.05, 3.63) is 70.3 Å². The van der Waals surface area contributed by atoms with E-state index in [1.807, 2.05) is 37.3 Å². The molecule has 8 nitrogen and oxygen atoms in total. The summed E-state index contributed by atoms with van der Waals surface area (Å²) in [5.41, 5.74) is 1.50. The van der Waals surface area contributed by atoms with Crippen molar-refractivity contribution in [2.24, 2.45) is 0 Å². The Kier molecular flexibility index (Phi) is 13.0. The summed E-state index contributed by atoms with van der Waals surface area (Å²) >= 11 is 0. The smallest absolute Gasteiger partial charge is 0.333 e. The molecule has 0 unspecified atom stereocenters. The normalized spacial score (nSPS) is 16.8. The lowest BCUT2D eigenvalue weighted by atomic mass is 9.91. The van der Waals surface area contributed by atoms with Crippen molar-refractivity contribution in [1.82, 2.24) is 14.9 Å². The molecule has 0 saturated heterocycles. The lowest BCUT2D eigenvalue weighted by molar-refractivity contribution is -0.149. The van der Waals surface area contributed by atoms with Crippen molar-refractivity contribution in [1.29, 1.82) is 0 Å². The van der Waals surface area contributed by atoms with Crippen LogP contribution < -0.4 is 15.6 Å². The molecule has 3 aromatic rings. The van der Waals surface area contributed by atoms with Gasteiger partial charge in [0.05, 0.1) is 17.4 Å². The number of aromatic nitrogens is 2. The molecular formula is C35H49N3O5. The molecule has 2 fully saturated rings. The highest BCUT2D eigenvalue weighted by Crippen LogP contribution is 2.22. The minimum absolute atomic E-state index is 0.0629. The summed E-state index contributed by atoms with van der Waals surface area (Å²) in [7, 11) is 0. The Bertz CT molecular complexity index is 1310. The van der Waals surface area contributed by atoms with Gasteiger partial charge in [-0.05, 0) is 62.4 Å². The minimum atomic E-state index is -0.974. The molecule has 2 aliphatic carbocycles. The number of fused-ring (bicyclic) bond motifs is 1. The second-order valence-corrected chi connectivity index (χ2v) is 11.7. The largest absolute Gasteiger partial charge is 0.492 e. The van der Waals surface area contributed by atoms with Crippen LogP contribution in [0.5, 0.6) is 5.75 Å². The van der Waals surface area contributed by atoms with E-state index in [-0.39, 0.29) is 5.56 Å². The van der Waals surface area contributed by atoms with Gasteiger partial charge in [-0.2, -0.15) is 0 Å². The highest BCUT2D eigenvalue weighted by atomic mass is 16.5. The van der Waals surface area contributed by atoms with Crippen LogP contribution in [0.15, 0.2) is 53.3 Å². The molecule has 0 amide bonds. The van der Waals surface area contributed by atoms with Crippen LogP contribution in [0.25, 0.3) is 10.9 Å². The Hall–Kier alpha value is -3.23. The number of nitrogens with one attached hydrogen (secondary N) is 1. The Labute approximate surface area is 255 Å². The SMILES string of the molecule is C1CCC(NC2CCCCC2)CC1.CCO[C@H](Cc1ccc(OCCn2c(CC)nc3ccccc3c2=O)cc1)C(=O)O. The quantitative estimate of drug-likeness (QED) is 0.254. The number of aryl methyl sites for hydroxylation is 1.